The highest BCUT2D eigenvalue weighted by molar-refractivity contribution is 5.20. The van der Waals surface area contributed by atoms with E-state index in [4.69, 9.17) is 9.47 Å². The summed E-state index contributed by atoms with van der Waals surface area (Å²) in [6.45, 7) is 10.9. The van der Waals surface area contributed by atoms with Crippen LogP contribution in [-0.2, 0) is 9.47 Å². The Morgan fingerprint density at radius 2 is 1.81 bits per heavy atom. The van der Waals surface area contributed by atoms with Gasteiger partial charge in [0.15, 0.2) is 0 Å². The highest BCUT2D eigenvalue weighted by Crippen LogP contribution is 2.23. The van der Waals surface area contributed by atoms with Gasteiger partial charge in [-0.2, -0.15) is 0 Å². The minimum Gasteiger partial charge on any atom is -0.379 e. The van der Waals surface area contributed by atoms with Crippen molar-refractivity contribution in [1.29, 1.82) is 0 Å². The molecule has 0 aliphatic heterocycles. The molecule has 21 heavy (non-hydrogen) atoms. The summed E-state index contributed by atoms with van der Waals surface area (Å²) < 4.78 is 11.7. The fourth-order valence-electron chi connectivity index (χ4n) is 2.46. The molecule has 1 N–H and O–H groups in total. The molecule has 0 saturated heterocycles. The van der Waals surface area contributed by atoms with E-state index in [2.05, 4.69) is 56.4 Å². The van der Waals surface area contributed by atoms with Crippen molar-refractivity contribution < 1.29 is 9.47 Å². The van der Waals surface area contributed by atoms with Crippen LogP contribution in [-0.4, -0.2) is 32.0 Å². The van der Waals surface area contributed by atoms with E-state index in [1.807, 2.05) is 6.92 Å². The van der Waals surface area contributed by atoms with Crippen LogP contribution in [0.3, 0.4) is 0 Å². The minimum absolute atomic E-state index is 0.115. The molecule has 0 aliphatic rings. The number of hydrogen-bond acceptors (Lipinski definition) is 3. The maximum atomic E-state index is 6.23. The summed E-state index contributed by atoms with van der Waals surface area (Å²) >= 11 is 0. The highest BCUT2D eigenvalue weighted by Gasteiger charge is 2.23. The first-order valence-corrected chi connectivity index (χ1v) is 8.24. The molecular formula is C18H31NO2. The molecule has 0 bridgehead atoms. The van der Waals surface area contributed by atoms with E-state index >= 15 is 0 Å². The van der Waals surface area contributed by atoms with Gasteiger partial charge in [0, 0.05) is 6.61 Å². The van der Waals surface area contributed by atoms with Gasteiger partial charge in [0.1, 0.15) is 0 Å². The Balaban J connectivity index is 2.73. The van der Waals surface area contributed by atoms with Gasteiger partial charge in [-0.25, -0.2) is 0 Å². The van der Waals surface area contributed by atoms with Crippen LogP contribution in [0.15, 0.2) is 30.3 Å². The Morgan fingerprint density at radius 1 is 1.10 bits per heavy atom. The fourth-order valence-corrected chi connectivity index (χ4v) is 2.46. The standard InChI is InChI=1S/C18H31NO2/c1-5-13-19-18(16-11-9-8-10-12-16)17(6-2)21-15(4)14-20-7-3/h8-12,15,17-19H,5-7,13-14H2,1-4H3. The number of hydrogen-bond donors (Lipinski definition) is 1. The summed E-state index contributed by atoms with van der Waals surface area (Å²) in [5.41, 5.74) is 1.29. The van der Waals surface area contributed by atoms with Crippen LogP contribution in [0.5, 0.6) is 0 Å². The van der Waals surface area contributed by atoms with Crippen molar-refractivity contribution >= 4 is 0 Å². The largest absolute Gasteiger partial charge is 0.379 e. The smallest absolute Gasteiger partial charge is 0.0785 e. The van der Waals surface area contributed by atoms with Crippen molar-refractivity contribution in [3.05, 3.63) is 35.9 Å². The molecule has 3 nitrogen and oxygen atoms in total. The van der Waals surface area contributed by atoms with Crippen LogP contribution in [0.4, 0.5) is 0 Å². The van der Waals surface area contributed by atoms with Crippen molar-refractivity contribution in [2.75, 3.05) is 19.8 Å². The van der Waals surface area contributed by atoms with Gasteiger partial charge < -0.3 is 14.8 Å². The first kappa shape index (κ1) is 18.1. The van der Waals surface area contributed by atoms with Crippen LogP contribution in [0, 0.1) is 0 Å². The van der Waals surface area contributed by atoms with E-state index in [9.17, 15) is 0 Å². The monoisotopic (exact) mass is 293 g/mol. The quantitative estimate of drug-likeness (QED) is 0.670. The number of nitrogens with one attached hydrogen (secondary N) is 1. The van der Waals surface area contributed by atoms with E-state index in [-0.39, 0.29) is 18.2 Å². The van der Waals surface area contributed by atoms with Crippen LogP contribution in [0.2, 0.25) is 0 Å². The molecule has 1 aromatic rings. The zero-order valence-corrected chi connectivity index (χ0v) is 14.0. The Morgan fingerprint density at radius 3 is 2.38 bits per heavy atom. The maximum Gasteiger partial charge on any atom is 0.0785 e. The molecule has 3 unspecified atom stereocenters. The third-order valence-corrected chi connectivity index (χ3v) is 3.51. The molecule has 0 fully saturated rings. The Bertz CT molecular complexity index is 355. The summed E-state index contributed by atoms with van der Waals surface area (Å²) in [6.07, 6.45) is 2.38. The maximum absolute atomic E-state index is 6.23. The van der Waals surface area contributed by atoms with Gasteiger partial charge in [-0.1, -0.05) is 44.2 Å². The lowest BCUT2D eigenvalue weighted by atomic mass is 9.99. The summed E-state index contributed by atoms with van der Waals surface area (Å²) in [5, 5.41) is 3.63. The second kappa shape index (κ2) is 10.8. The Hall–Kier alpha value is -0.900. The molecule has 0 heterocycles. The fraction of sp³-hybridized carbons (Fsp3) is 0.667. The molecule has 0 aromatic heterocycles. The van der Waals surface area contributed by atoms with Gasteiger partial charge in [-0.15, -0.1) is 0 Å². The lowest BCUT2D eigenvalue weighted by Gasteiger charge is -2.30. The average Bonchev–Trinajstić information content (AvgIpc) is 2.53. The topological polar surface area (TPSA) is 30.5 Å². The van der Waals surface area contributed by atoms with Crippen molar-refractivity contribution in [2.24, 2.45) is 0 Å². The lowest BCUT2D eigenvalue weighted by Crippen LogP contribution is -2.37. The van der Waals surface area contributed by atoms with E-state index < -0.39 is 0 Å². The second-order valence-corrected chi connectivity index (χ2v) is 5.40. The molecule has 0 amide bonds. The molecule has 1 aromatic carbocycles. The molecule has 120 valence electrons. The third-order valence-electron chi connectivity index (χ3n) is 3.51. The normalized spacial score (nSPS) is 15.6. The van der Waals surface area contributed by atoms with Gasteiger partial charge in [-0.3, -0.25) is 0 Å². The lowest BCUT2D eigenvalue weighted by molar-refractivity contribution is -0.0615. The first-order chi connectivity index (χ1) is 10.2. The molecular weight excluding hydrogens is 262 g/mol. The Kier molecular flexibility index (Phi) is 9.31. The molecule has 1 rings (SSSR count). The van der Waals surface area contributed by atoms with E-state index in [0.29, 0.717) is 6.61 Å². The van der Waals surface area contributed by atoms with Gasteiger partial charge in [0.2, 0.25) is 0 Å². The van der Waals surface area contributed by atoms with Crippen LogP contribution in [0.25, 0.3) is 0 Å². The number of rotatable bonds is 11. The van der Waals surface area contributed by atoms with E-state index in [1.165, 1.54) is 5.56 Å². The van der Waals surface area contributed by atoms with Crippen molar-refractivity contribution in [3.8, 4) is 0 Å². The zero-order chi connectivity index (χ0) is 15.5. The summed E-state index contributed by atoms with van der Waals surface area (Å²) in [7, 11) is 0. The summed E-state index contributed by atoms with van der Waals surface area (Å²) in [6, 6.07) is 10.8. The molecule has 0 aliphatic carbocycles. The predicted molar refractivity (Wildman–Crippen MR) is 88.6 cm³/mol. The summed E-state index contributed by atoms with van der Waals surface area (Å²) in [5.74, 6) is 0. The van der Waals surface area contributed by atoms with Gasteiger partial charge in [-0.05, 0) is 38.8 Å². The van der Waals surface area contributed by atoms with Crippen molar-refractivity contribution in [2.45, 2.75) is 58.8 Å². The minimum atomic E-state index is 0.115. The SMILES string of the molecule is CCCNC(c1ccccc1)C(CC)OC(C)COCC. The number of benzene rings is 1. The Labute approximate surface area is 130 Å². The molecule has 0 radical (unpaired) electrons. The summed E-state index contributed by atoms with van der Waals surface area (Å²) in [4.78, 5) is 0. The average molecular weight is 293 g/mol. The molecule has 0 spiro atoms. The predicted octanol–water partition coefficient (Wildman–Crippen LogP) is 3.95. The van der Waals surface area contributed by atoms with E-state index in [1.54, 1.807) is 0 Å². The molecule has 0 saturated carbocycles. The van der Waals surface area contributed by atoms with Gasteiger partial charge in [0.05, 0.1) is 24.9 Å². The van der Waals surface area contributed by atoms with Crippen LogP contribution in [0.1, 0.15) is 52.1 Å². The van der Waals surface area contributed by atoms with Gasteiger partial charge >= 0.3 is 0 Å². The van der Waals surface area contributed by atoms with Crippen molar-refractivity contribution in [1.82, 2.24) is 5.32 Å². The first-order valence-electron chi connectivity index (χ1n) is 8.24. The highest BCUT2D eigenvalue weighted by atomic mass is 16.5. The second-order valence-electron chi connectivity index (χ2n) is 5.40. The van der Waals surface area contributed by atoms with Crippen LogP contribution >= 0.6 is 0 Å². The van der Waals surface area contributed by atoms with Gasteiger partial charge in [0.25, 0.3) is 0 Å². The third kappa shape index (κ3) is 6.60. The molecule has 3 heteroatoms. The molecule has 3 atom stereocenters. The van der Waals surface area contributed by atoms with Crippen molar-refractivity contribution in [3.63, 3.8) is 0 Å². The van der Waals surface area contributed by atoms with Crippen LogP contribution < -0.4 is 5.32 Å². The number of ether oxygens (including phenoxy) is 2. The zero-order valence-electron chi connectivity index (χ0n) is 14.0. The van der Waals surface area contributed by atoms with E-state index in [0.717, 1.165) is 26.0 Å².